The van der Waals surface area contributed by atoms with Crippen LogP contribution in [0.25, 0.3) is 38.6 Å². The van der Waals surface area contributed by atoms with Gasteiger partial charge in [0, 0.05) is 21.9 Å². The first-order chi connectivity index (χ1) is 20.8. The van der Waals surface area contributed by atoms with Gasteiger partial charge < -0.3 is 14.0 Å². The molecule has 236 valence electrons. The van der Waals surface area contributed by atoms with Gasteiger partial charge in [0.05, 0.1) is 16.7 Å². The van der Waals surface area contributed by atoms with E-state index in [1.165, 1.54) is 33.5 Å². The van der Waals surface area contributed by atoms with E-state index in [9.17, 15) is 4.39 Å². The summed E-state index contributed by atoms with van der Waals surface area (Å²) in [6.07, 6.45) is 0.973. The Morgan fingerprint density at radius 3 is 1.73 bits per heavy atom. The fraction of sp³-hybridized carbons (Fsp3) is 0.415. The highest BCUT2D eigenvalue weighted by Gasteiger charge is 2.32. The molecule has 0 radical (unpaired) electrons. The lowest BCUT2D eigenvalue weighted by molar-refractivity contribution is 0.124. The zero-order chi connectivity index (χ0) is 32.7. The van der Waals surface area contributed by atoms with Crippen LogP contribution in [0.5, 0.6) is 11.5 Å². The Morgan fingerprint density at radius 2 is 1.20 bits per heavy atom. The van der Waals surface area contributed by atoms with E-state index in [4.69, 9.17) is 9.47 Å². The Labute approximate surface area is 268 Å². The summed E-state index contributed by atoms with van der Waals surface area (Å²) >= 11 is 0. The Balaban J connectivity index is 1.79. The number of nitrogens with zero attached hydrogens (tertiary/aromatic N) is 1. The van der Waals surface area contributed by atoms with Gasteiger partial charge >= 0.3 is 0 Å². The third-order valence-corrected chi connectivity index (χ3v) is 9.21. The molecule has 0 amide bonds. The Morgan fingerprint density at radius 1 is 0.622 bits per heavy atom. The van der Waals surface area contributed by atoms with Crippen molar-refractivity contribution < 1.29 is 13.9 Å². The molecular formula is C41H48FNO2. The number of rotatable bonds is 3. The average molecular weight is 606 g/mol. The third kappa shape index (κ3) is 5.73. The summed E-state index contributed by atoms with van der Waals surface area (Å²) in [5.41, 5.74) is 8.36. The molecule has 0 fully saturated rings. The van der Waals surface area contributed by atoms with Crippen molar-refractivity contribution >= 4 is 21.8 Å². The fourth-order valence-corrected chi connectivity index (χ4v) is 7.15. The molecule has 1 aliphatic rings. The van der Waals surface area contributed by atoms with Crippen molar-refractivity contribution in [1.82, 2.24) is 4.57 Å². The van der Waals surface area contributed by atoms with Gasteiger partial charge in [-0.15, -0.1) is 0 Å². The van der Waals surface area contributed by atoms with Gasteiger partial charge in [-0.25, -0.2) is 4.39 Å². The summed E-state index contributed by atoms with van der Waals surface area (Å²) in [5.74, 6) is 1.03. The van der Waals surface area contributed by atoms with Crippen LogP contribution in [0.2, 0.25) is 0 Å². The maximum absolute atomic E-state index is 14.9. The molecule has 0 saturated heterocycles. The standard InChI is InChI=1S/C41H48FNO2/c1-38(2,3)23-41(10,11)27-18-32-31-22-28(42)14-17-36(31)44-24-45-37(32)35(21-27)43-33-19-25(39(4,5)6)12-15-29(33)30-16-13-26(20-34(30)43)40(7,8)9/h12-22H,23-24H2,1-11H3. The highest BCUT2D eigenvalue weighted by molar-refractivity contribution is 6.10. The van der Waals surface area contributed by atoms with Gasteiger partial charge in [-0.05, 0) is 87.2 Å². The molecule has 2 heterocycles. The summed E-state index contributed by atoms with van der Waals surface area (Å²) in [4.78, 5) is 0. The number of fused-ring (bicyclic) bond motifs is 6. The van der Waals surface area contributed by atoms with Gasteiger partial charge in [-0.2, -0.15) is 0 Å². The molecule has 6 rings (SSSR count). The van der Waals surface area contributed by atoms with E-state index in [0.717, 1.165) is 28.7 Å². The quantitative estimate of drug-likeness (QED) is 0.204. The van der Waals surface area contributed by atoms with Crippen LogP contribution < -0.4 is 9.47 Å². The van der Waals surface area contributed by atoms with Crippen LogP contribution in [-0.2, 0) is 16.2 Å². The Bertz CT molecular complexity index is 1870. The van der Waals surface area contributed by atoms with Crippen molar-refractivity contribution in [2.75, 3.05) is 6.79 Å². The minimum atomic E-state index is -0.299. The first kappa shape index (κ1) is 31.2. The molecule has 1 aliphatic heterocycles. The van der Waals surface area contributed by atoms with E-state index < -0.39 is 0 Å². The maximum Gasteiger partial charge on any atom is 0.231 e. The van der Waals surface area contributed by atoms with Gasteiger partial charge in [-0.1, -0.05) is 100 Å². The van der Waals surface area contributed by atoms with Crippen molar-refractivity contribution in [3.63, 3.8) is 0 Å². The Hall–Kier alpha value is -3.79. The van der Waals surface area contributed by atoms with Crippen LogP contribution in [0.3, 0.4) is 0 Å². The van der Waals surface area contributed by atoms with Crippen molar-refractivity contribution in [3.05, 3.63) is 89.2 Å². The van der Waals surface area contributed by atoms with Crippen molar-refractivity contribution in [1.29, 1.82) is 0 Å². The van der Waals surface area contributed by atoms with Crippen molar-refractivity contribution in [2.24, 2.45) is 5.41 Å². The second-order valence-corrected chi connectivity index (χ2v) is 16.8. The molecule has 45 heavy (non-hydrogen) atoms. The van der Waals surface area contributed by atoms with Crippen molar-refractivity contribution in [2.45, 2.75) is 98.8 Å². The normalized spacial score (nSPS) is 14.1. The predicted molar refractivity (Wildman–Crippen MR) is 187 cm³/mol. The summed E-state index contributed by atoms with van der Waals surface area (Å²) in [6.45, 7) is 25.1. The number of hydrogen-bond acceptors (Lipinski definition) is 2. The number of aromatic nitrogens is 1. The molecule has 0 unspecified atom stereocenters. The van der Waals surface area contributed by atoms with Crippen LogP contribution in [-0.4, -0.2) is 11.4 Å². The number of ether oxygens (including phenoxy) is 2. The van der Waals surface area contributed by atoms with Crippen molar-refractivity contribution in [3.8, 4) is 28.3 Å². The van der Waals surface area contributed by atoms with Gasteiger partial charge in [0.2, 0.25) is 6.79 Å². The summed E-state index contributed by atoms with van der Waals surface area (Å²) in [5, 5.41) is 2.39. The highest BCUT2D eigenvalue weighted by Crippen LogP contribution is 2.49. The van der Waals surface area contributed by atoms with E-state index in [1.54, 1.807) is 12.1 Å². The average Bonchev–Trinajstić information content (AvgIpc) is 3.12. The van der Waals surface area contributed by atoms with E-state index in [2.05, 4.69) is 129 Å². The number of hydrogen-bond donors (Lipinski definition) is 0. The zero-order valence-corrected chi connectivity index (χ0v) is 28.9. The molecule has 3 nitrogen and oxygen atoms in total. The second kappa shape index (κ2) is 10.4. The summed E-state index contributed by atoms with van der Waals surface area (Å²) < 4.78 is 29.9. The van der Waals surface area contributed by atoms with Gasteiger partial charge in [0.15, 0.2) is 5.75 Å². The molecule has 4 heteroatoms. The van der Waals surface area contributed by atoms with Gasteiger partial charge in [0.25, 0.3) is 0 Å². The predicted octanol–water partition coefficient (Wildman–Crippen LogP) is 11.6. The van der Waals surface area contributed by atoms with Crippen LogP contribution in [0, 0.1) is 11.2 Å². The molecule has 0 saturated carbocycles. The highest BCUT2D eigenvalue weighted by atomic mass is 19.1. The molecule has 0 N–H and O–H groups in total. The van der Waals surface area contributed by atoms with Gasteiger partial charge in [-0.3, -0.25) is 0 Å². The molecule has 1 aromatic heterocycles. The topological polar surface area (TPSA) is 23.4 Å². The molecule has 5 aromatic rings. The van der Waals surface area contributed by atoms with Crippen LogP contribution in [0.15, 0.2) is 66.7 Å². The fourth-order valence-electron chi connectivity index (χ4n) is 7.15. The molecular weight excluding hydrogens is 557 g/mol. The van der Waals surface area contributed by atoms with Crippen LogP contribution in [0.1, 0.15) is 99.3 Å². The summed E-state index contributed by atoms with van der Waals surface area (Å²) in [7, 11) is 0. The van der Waals surface area contributed by atoms with Crippen LogP contribution in [0.4, 0.5) is 4.39 Å². The van der Waals surface area contributed by atoms with E-state index >= 15 is 0 Å². The molecule has 0 atom stereocenters. The lowest BCUT2D eigenvalue weighted by atomic mass is 9.71. The number of benzene rings is 4. The Kier molecular flexibility index (Phi) is 7.19. The van der Waals surface area contributed by atoms with Gasteiger partial charge in [0.1, 0.15) is 11.6 Å². The first-order valence-electron chi connectivity index (χ1n) is 16.2. The zero-order valence-electron chi connectivity index (χ0n) is 28.9. The molecule has 0 aliphatic carbocycles. The minimum Gasteiger partial charge on any atom is -0.457 e. The molecule has 0 bridgehead atoms. The third-order valence-electron chi connectivity index (χ3n) is 9.21. The van der Waals surface area contributed by atoms with E-state index in [1.807, 2.05) is 0 Å². The maximum atomic E-state index is 14.9. The minimum absolute atomic E-state index is 0.0275. The molecule has 0 spiro atoms. The van der Waals surface area contributed by atoms with Crippen LogP contribution >= 0.6 is 0 Å². The van der Waals surface area contributed by atoms with E-state index in [-0.39, 0.29) is 34.3 Å². The van der Waals surface area contributed by atoms with E-state index in [0.29, 0.717) is 17.1 Å². The lowest BCUT2D eigenvalue weighted by Gasteiger charge is -2.34. The molecule has 4 aromatic carbocycles. The smallest absolute Gasteiger partial charge is 0.231 e. The summed E-state index contributed by atoms with van der Waals surface area (Å²) in [6, 6.07) is 23.0. The first-order valence-corrected chi connectivity index (χ1v) is 16.2. The monoisotopic (exact) mass is 605 g/mol. The largest absolute Gasteiger partial charge is 0.457 e. The number of halogens is 1. The second-order valence-electron chi connectivity index (χ2n) is 16.8. The SMILES string of the molecule is CC(C)(C)CC(C)(C)c1cc2c(c(-n3c4cc(C(C)(C)C)ccc4c4ccc(C(C)(C)C)cc43)c1)OCOc1ccc(F)cc1-2. The lowest BCUT2D eigenvalue weighted by Crippen LogP contribution is -2.25.